The van der Waals surface area contributed by atoms with Crippen molar-refractivity contribution in [2.45, 2.75) is 12.5 Å². The van der Waals surface area contributed by atoms with E-state index in [1.54, 1.807) is 7.11 Å². The number of ether oxygens (including phenoxy) is 1. The van der Waals surface area contributed by atoms with Crippen LogP contribution < -0.4 is 10.1 Å². The zero-order chi connectivity index (χ0) is 10.7. The summed E-state index contributed by atoms with van der Waals surface area (Å²) in [7, 11) is 3.86. The van der Waals surface area contributed by atoms with E-state index >= 15 is 0 Å². The molecule has 1 atom stereocenters. The molecule has 82 valence electrons. The van der Waals surface area contributed by atoms with Gasteiger partial charge in [0.25, 0.3) is 0 Å². The largest absolute Gasteiger partial charge is 0.497 e. The van der Waals surface area contributed by atoms with E-state index in [4.69, 9.17) is 4.74 Å². The van der Waals surface area contributed by atoms with Gasteiger partial charge in [-0.15, -0.1) is 0 Å². The second kappa shape index (κ2) is 4.53. The molecule has 1 fully saturated rings. The van der Waals surface area contributed by atoms with E-state index in [0.29, 0.717) is 6.04 Å². The second-order valence-corrected chi connectivity index (χ2v) is 4.12. The van der Waals surface area contributed by atoms with Crippen LogP contribution in [0.5, 0.6) is 5.75 Å². The molecule has 0 bridgehead atoms. The fourth-order valence-electron chi connectivity index (χ4n) is 2.00. The molecule has 0 saturated carbocycles. The summed E-state index contributed by atoms with van der Waals surface area (Å²) in [4.78, 5) is 2.35. The monoisotopic (exact) mass is 206 g/mol. The standard InChI is InChI=1S/C12H18N2O/c1-14-7-6-11(9-14)13-10-4-3-5-12(8-10)15-2/h3-5,8,11,13H,6-7,9H2,1-2H3. The molecule has 0 aromatic heterocycles. The third-order valence-electron chi connectivity index (χ3n) is 2.83. The number of hydrogen-bond acceptors (Lipinski definition) is 3. The summed E-state index contributed by atoms with van der Waals surface area (Å²) in [6.07, 6.45) is 1.22. The van der Waals surface area contributed by atoms with Crippen LogP contribution in [0.2, 0.25) is 0 Å². The number of rotatable bonds is 3. The topological polar surface area (TPSA) is 24.5 Å². The lowest BCUT2D eigenvalue weighted by Crippen LogP contribution is -2.23. The Morgan fingerprint density at radius 2 is 2.33 bits per heavy atom. The Kier molecular flexibility index (Phi) is 3.11. The molecule has 1 aliphatic heterocycles. The minimum atomic E-state index is 0.571. The predicted molar refractivity (Wildman–Crippen MR) is 62.5 cm³/mol. The molecule has 0 amide bonds. The highest BCUT2D eigenvalue weighted by Crippen LogP contribution is 2.19. The van der Waals surface area contributed by atoms with Crippen LogP contribution in [-0.2, 0) is 0 Å². The molecule has 15 heavy (non-hydrogen) atoms. The number of hydrogen-bond donors (Lipinski definition) is 1. The van der Waals surface area contributed by atoms with Crippen LogP contribution in [0.3, 0.4) is 0 Å². The van der Waals surface area contributed by atoms with Crippen LogP contribution in [-0.4, -0.2) is 38.2 Å². The summed E-state index contributed by atoms with van der Waals surface area (Å²) in [6.45, 7) is 2.30. The Hall–Kier alpha value is -1.22. The van der Waals surface area contributed by atoms with Gasteiger partial charge >= 0.3 is 0 Å². The minimum absolute atomic E-state index is 0.571. The number of anilines is 1. The van der Waals surface area contributed by atoms with Gasteiger partial charge in [0, 0.05) is 24.3 Å². The number of benzene rings is 1. The zero-order valence-corrected chi connectivity index (χ0v) is 9.36. The van der Waals surface area contributed by atoms with Gasteiger partial charge in [0.1, 0.15) is 5.75 Å². The van der Waals surface area contributed by atoms with Gasteiger partial charge in [-0.1, -0.05) is 6.07 Å². The number of methoxy groups -OCH3 is 1. The molecule has 1 N–H and O–H groups in total. The van der Waals surface area contributed by atoms with Gasteiger partial charge in [0.15, 0.2) is 0 Å². The van der Waals surface area contributed by atoms with Crippen molar-refractivity contribution >= 4 is 5.69 Å². The fourth-order valence-corrected chi connectivity index (χ4v) is 2.00. The SMILES string of the molecule is COc1cccc(NC2CCN(C)C2)c1. The van der Waals surface area contributed by atoms with E-state index in [-0.39, 0.29) is 0 Å². The quantitative estimate of drug-likeness (QED) is 0.816. The van der Waals surface area contributed by atoms with E-state index in [2.05, 4.69) is 23.3 Å². The Labute approximate surface area is 91.0 Å². The first-order valence-electron chi connectivity index (χ1n) is 5.37. The van der Waals surface area contributed by atoms with Crippen molar-refractivity contribution in [1.29, 1.82) is 0 Å². The lowest BCUT2D eigenvalue weighted by Gasteiger charge is -2.14. The van der Waals surface area contributed by atoms with E-state index in [0.717, 1.165) is 18.0 Å². The van der Waals surface area contributed by atoms with E-state index in [1.165, 1.54) is 13.0 Å². The Morgan fingerprint density at radius 1 is 1.47 bits per heavy atom. The summed E-state index contributed by atoms with van der Waals surface area (Å²) in [5.41, 5.74) is 1.15. The van der Waals surface area contributed by atoms with Crippen LogP contribution in [0, 0.1) is 0 Å². The second-order valence-electron chi connectivity index (χ2n) is 4.12. The molecule has 0 spiro atoms. The van der Waals surface area contributed by atoms with Gasteiger partial charge < -0.3 is 15.0 Å². The van der Waals surface area contributed by atoms with E-state index in [1.807, 2.05) is 18.2 Å². The molecule has 1 saturated heterocycles. The van der Waals surface area contributed by atoms with Crippen molar-refractivity contribution in [1.82, 2.24) is 4.90 Å². The first-order chi connectivity index (χ1) is 7.28. The molecule has 0 radical (unpaired) electrons. The summed E-state index contributed by atoms with van der Waals surface area (Å²) in [6, 6.07) is 8.67. The van der Waals surface area contributed by atoms with Crippen molar-refractivity contribution < 1.29 is 4.74 Å². The van der Waals surface area contributed by atoms with Gasteiger partial charge in [-0.2, -0.15) is 0 Å². The van der Waals surface area contributed by atoms with Crippen molar-refractivity contribution in [2.75, 3.05) is 32.6 Å². The molecule has 1 heterocycles. The van der Waals surface area contributed by atoms with Crippen molar-refractivity contribution in [3.63, 3.8) is 0 Å². The number of likely N-dealkylation sites (tertiary alicyclic amines) is 1. The maximum absolute atomic E-state index is 5.19. The van der Waals surface area contributed by atoms with E-state index in [9.17, 15) is 0 Å². The van der Waals surface area contributed by atoms with Gasteiger partial charge in [-0.05, 0) is 32.1 Å². The molecular weight excluding hydrogens is 188 g/mol. The number of nitrogens with zero attached hydrogens (tertiary/aromatic N) is 1. The minimum Gasteiger partial charge on any atom is -0.497 e. The Morgan fingerprint density at radius 3 is 3.00 bits per heavy atom. The first kappa shape index (κ1) is 10.3. The summed E-state index contributed by atoms with van der Waals surface area (Å²) in [5.74, 6) is 0.909. The highest BCUT2D eigenvalue weighted by Gasteiger charge is 2.18. The third kappa shape index (κ3) is 2.63. The lowest BCUT2D eigenvalue weighted by molar-refractivity contribution is 0.413. The fraction of sp³-hybridized carbons (Fsp3) is 0.500. The predicted octanol–water partition coefficient (Wildman–Crippen LogP) is 1.81. The van der Waals surface area contributed by atoms with Crippen LogP contribution in [0.15, 0.2) is 24.3 Å². The van der Waals surface area contributed by atoms with Gasteiger partial charge in [-0.25, -0.2) is 0 Å². The van der Waals surface area contributed by atoms with E-state index < -0.39 is 0 Å². The van der Waals surface area contributed by atoms with Gasteiger partial charge in [0.2, 0.25) is 0 Å². The molecule has 1 aliphatic rings. The molecular formula is C12H18N2O. The Balaban J connectivity index is 1.98. The molecule has 1 aromatic carbocycles. The van der Waals surface area contributed by atoms with Crippen molar-refractivity contribution in [3.05, 3.63) is 24.3 Å². The molecule has 1 aromatic rings. The van der Waals surface area contributed by atoms with Crippen molar-refractivity contribution in [2.24, 2.45) is 0 Å². The maximum atomic E-state index is 5.19. The molecule has 3 nitrogen and oxygen atoms in total. The zero-order valence-electron chi connectivity index (χ0n) is 9.36. The van der Waals surface area contributed by atoms with Crippen LogP contribution >= 0.6 is 0 Å². The van der Waals surface area contributed by atoms with Crippen molar-refractivity contribution in [3.8, 4) is 5.75 Å². The van der Waals surface area contributed by atoms with Crippen LogP contribution in [0.1, 0.15) is 6.42 Å². The highest BCUT2D eigenvalue weighted by atomic mass is 16.5. The molecule has 1 unspecified atom stereocenters. The average Bonchev–Trinajstić information content (AvgIpc) is 2.64. The normalized spacial score (nSPS) is 21.6. The molecule has 3 heteroatoms. The summed E-state index contributed by atoms with van der Waals surface area (Å²) in [5, 5.41) is 3.52. The number of likely N-dealkylation sites (N-methyl/N-ethyl adjacent to an activating group) is 1. The summed E-state index contributed by atoms with van der Waals surface area (Å²) < 4.78 is 5.19. The Bertz CT molecular complexity index is 327. The maximum Gasteiger partial charge on any atom is 0.120 e. The van der Waals surface area contributed by atoms with Crippen LogP contribution in [0.25, 0.3) is 0 Å². The van der Waals surface area contributed by atoms with Gasteiger partial charge in [-0.3, -0.25) is 0 Å². The average molecular weight is 206 g/mol. The van der Waals surface area contributed by atoms with Crippen LogP contribution in [0.4, 0.5) is 5.69 Å². The smallest absolute Gasteiger partial charge is 0.120 e. The first-order valence-corrected chi connectivity index (χ1v) is 5.37. The highest BCUT2D eigenvalue weighted by molar-refractivity contribution is 5.49. The number of nitrogens with one attached hydrogen (secondary N) is 1. The summed E-state index contributed by atoms with van der Waals surface area (Å²) >= 11 is 0. The molecule has 0 aliphatic carbocycles. The van der Waals surface area contributed by atoms with Gasteiger partial charge in [0.05, 0.1) is 7.11 Å². The third-order valence-corrected chi connectivity index (χ3v) is 2.83. The molecule has 2 rings (SSSR count). The lowest BCUT2D eigenvalue weighted by atomic mass is 10.2.